The van der Waals surface area contributed by atoms with Crippen LogP contribution in [0.3, 0.4) is 0 Å². The van der Waals surface area contributed by atoms with E-state index in [1.807, 2.05) is 24.3 Å². The Kier molecular flexibility index (Phi) is 2.99. The van der Waals surface area contributed by atoms with Crippen molar-refractivity contribution in [1.82, 2.24) is 10.3 Å². The standard InChI is InChI=1S/C19H23N3O3/c1-2-8-22-9-7-18-15-11-3-4-13(23)16(15)25-17(18)12(21-20)5-6-19(18,24)14(22)10-11/h2-6,12,14,17,21,23-24H,1,7-10,20H2/t12-,14+,17-,18-,19+/m0/s1. The first-order valence-electron chi connectivity index (χ1n) is 8.81. The number of hydrazine groups is 1. The Balaban J connectivity index is 1.80. The second-order valence-electron chi connectivity index (χ2n) is 7.59. The minimum Gasteiger partial charge on any atom is -0.504 e. The summed E-state index contributed by atoms with van der Waals surface area (Å²) < 4.78 is 6.23. The Hall–Kier alpha value is -1.86. The molecule has 5 rings (SSSR count). The molecule has 2 aliphatic carbocycles. The lowest BCUT2D eigenvalue weighted by Crippen LogP contribution is -2.76. The highest BCUT2D eigenvalue weighted by molar-refractivity contribution is 5.64. The molecule has 5 N–H and O–H groups in total. The fourth-order valence-electron chi connectivity index (χ4n) is 5.72. The molecule has 0 radical (unpaired) electrons. The van der Waals surface area contributed by atoms with Crippen LogP contribution in [0.1, 0.15) is 17.5 Å². The molecule has 0 unspecified atom stereocenters. The number of nitrogens with one attached hydrogen (secondary N) is 1. The Bertz CT molecular complexity index is 794. The van der Waals surface area contributed by atoms with Crippen molar-refractivity contribution >= 4 is 0 Å². The molecule has 6 heteroatoms. The molecular weight excluding hydrogens is 318 g/mol. The fraction of sp³-hybridized carbons (Fsp3) is 0.474. The predicted octanol–water partition coefficient (Wildman–Crippen LogP) is 0.340. The summed E-state index contributed by atoms with van der Waals surface area (Å²) in [5.74, 6) is 6.42. The van der Waals surface area contributed by atoms with Gasteiger partial charge < -0.3 is 14.9 Å². The van der Waals surface area contributed by atoms with E-state index in [0.717, 1.165) is 37.1 Å². The number of nitrogens with zero attached hydrogens (tertiary/aromatic N) is 1. The maximum atomic E-state index is 11.9. The predicted molar refractivity (Wildman–Crippen MR) is 93.3 cm³/mol. The molecule has 2 bridgehead atoms. The first kappa shape index (κ1) is 15.4. The zero-order valence-corrected chi connectivity index (χ0v) is 14.0. The summed E-state index contributed by atoms with van der Waals surface area (Å²) in [6.45, 7) is 5.45. The van der Waals surface area contributed by atoms with Crippen molar-refractivity contribution in [3.63, 3.8) is 0 Å². The van der Waals surface area contributed by atoms with Crippen LogP contribution < -0.4 is 16.0 Å². The summed E-state index contributed by atoms with van der Waals surface area (Å²) in [6, 6.07) is 3.39. The van der Waals surface area contributed by atoms with Crippen molar-refractivity contribution in [2.24, 2.45) is 5.84 Å². The van der Waals surface area contributed by atoms with Crippen LogP contribution in [0.2, 0.25) is 0 Å². The van der Waals surface area contributed by atoms with Gasteiger partial charge in [-0.2, -0.15) is 0 Å². The highest BCUT2D eigenvalue weighted by atomic mass is 16.5. The summed E-state index contributed by atoms with van der Waals surface area (Å²) in [4.78, 5) is 2.30. The van der Waals surface area contributed by atoms with Crippen molar-refractivity contribution < 1.29 is 14.9 Å². The van der Waals surface area contributed by atoms with Crippen LogP contribution in [0.25, 0.3) is 0 Å². The highest BCUT2D eigenvalue weighted by Crippen LogP contribution is 2.63. The third-order valence-corrected chi connectivity index (χ3v) is 6.71. The largest absolute Gasteiger partial charge is 0.504 e. The normalized spacial score (nSPS) is 40.5. The first-order valence-corrected chi connectivity index (χ1v) is 8.81. The number of phenols is 1. The molecule has 1 fully saturated rings. The van der Waals surface area contributed by atoms with Crippen molar-refractivity contribution in [2.45, 2.75) is 42.0 Å². The second-order valence-corrected chi connectivity index (χ2v) is 7.59. The number of piperidine rings is 1. The number of benzene rings is 1. The van der Waals surface area contributed by atoms with Gasteiger partial charge in [0.1, 0.15) is 11.7 Å². The number of aromatic hydroxyl groups is 1. The van der Waals surface area contributed by atoms with E-state index < -0.39 is 11.0 Å². The molecule has 1 saturated heterocycles. The van der Waals surface area contributed by atoms with Gasteiger partial charge in [0, 0.05) is 24.7 Å². The minimum absolute atomic E-state index is 0.0525. The third kappa shape index (κ3) is 1.59. The molecule has 132 valence electrons. The lowest BCUT2D eigenvalue weighted by atomic mass is 9.50. The van der Waals surface area contributed by atoms with Crippen LogP contribution in [0, 0.1) is 0 Å². The number of nitrogens with two attached hydrogens (primary N) is 1. The summed E-state index contributed by atoms with van der Waals surface area (Å²) in [5.41, 5.74) is 3.27. The van der Waals surface area contributed by atoms with Gasteiger partial charge in [-0.3, -0.25) is 10.7 Å². The molecule has 6 nitrogen and oxygen atoms in total. The van der Waals surface area contributed by atoms with E-state index in [9.17, 15) is 10.2 Å². The molecule has 1 spiro atoms. The number of hydrogen-bond acceptors (Lipinski definition) is 6. The molecule has 2 aliphatic heterocycles. The molecular formula is C19H23N3O3. The third-order valence-electron chi connectivity index (χ3n) is 6.71. The molecule has 1 aromatic rings. The number of hydrogen-bond donors (Lipinski definition) is 4. The SMILES string of the molecule is C=CCN1CC[C@]23c4c5ccc(O)c4O[C@H]2[C@@H](NN)C=C[C@@]3(O)[C@H]1C5. The van der Waals surface area contributed by atoms with Crippen molar-refractivity contribution in [1.29, 1.82) is 0 Å². The molecule has 25 heavy (non-hydrogen) atoms. The number of rotatable bonds is 3. The first-order chi connectivity index (χ1) is 12.1. The fourth-order valence-corrected chi connectivity index (χ4v) is 5.72. The van der Waals surface area contributed by atoms with E-state index in [0.29, 0.717) is 5.75 Å². The van der Waals surface area contributed by atoms with Crippen LogP contribution in [-0.4, -0.2) is 52.0 Å². The van der Waals surface area contributed by atoms with Gasteiger partial charge in [-0.05, 0) is 24.5 Å². The van der Waals surface area contributed by atoms with Gasteiger partial charge in [-0.1, -0.05) is 24.3 Å². The minimum atomic E-state index is -1.06. The quantitative estimate of drug-likeness (QED) is 0.360. The van der Waals surface area contributed by atoms with E-state index in [1.165, 1.54) is 0 Å². The lowest BCUT2D eigenvalue weighted by Gasteiger charge is -2.62. The zero-order chi connectivity index (χ0) is 17.4. The van der Waals surface area contributed by atoms with Crippen molar-refractivity contribution in [3.05, 3.63) is 48.1 Å². The average molecular weight is 341 g/mol. The molecule has 0 amide bonds. The number of phenolic OH excluding ortho intramolecular Hbond substituents is 1. The second kappa shape index (κ2) is 4.86. The Morgan fingerprint density at radius 3 is 3.08 bits per heavy atom. The van der Waals surface area contributed by atoms with Gasteiger partial charge in [-0.15, -0.1) is 6.58 Å². The van der Waals surface area contributed by atoms with Gasteiger partial charge in [0.2, 0.25) is 0 Å². The van der Waals surface area contributed by atoms with Crippen molar-refractivity contribution in [2.75, 3.05) is 13.1 Å². The van der Waals surface area contributed by atoms with Crippen LogP contribution in [0.4, 0.5) is 0 Å². The van der Waals surface area contributed by atoms with Crippen LogP contribution >= 0.6 is 0 Å². The zero-order valence-electron chi connectivity index (χ0n) is 14.0. The highest BCUT2D eigenvalue weighted by Gasteiger charge is 2.71. The monoisotopic (exact) mass is 341 g/mol. The topological polar surface area (TPSA) is 91.0 Å². The van der Waals surface area contributed by atoms with Gasteiger partial charge in [0.25, 0.3) is 0 Å². The summed E-state index contributed by atoms with van der Waals surface area (Å²) in [7, 11) is 0. The van der Waals surface area contributed by atoms with Crippen LogP contribution in [-0.2, 0) is 11.8 Å². The average Bonchev–Trinajstić information content (AvgIpc) is 2.95. The summed E-state index contributed by atoms with van der Waals surface area (Å²) in [5, 5.41) is 22.3. The van der Waals surface area contributed by atoms with Gasteiger partial charge in [0.15, 0.2) is 11.5 Å². The van der Waals surface area contributed by atoms with Crippen molar-refractivity contribution in [3.8, 4) is 11.5 Å². The van der Waals surface area contributed by atoms with E-state index >= 15 is 0 Å². The number of likely N-dealkylation sites (tertiary alicyclic amines) is 1. The maximum absolute atomic E-state index is 11.9. The van der Waals surface area contributed by atoms with Crippen LogP contribution in [0.5, 0.6) is 11.5 Å². The smallest absolute Gasteiger partial charge is 0.165 e. The van der Waals surface area contributed by atoms with E-state index in [2.05, 4.69) is 16.9 Å². The summed E-state index contributed by atoms with van der Waals surface area (Å²) in [6.07, 6.45) is 6.81. The number of ether oxygens (including phenoxy) is 1. The Labute approximate surface area is 146 Å². The summed E-state index contributed by atoms with van der Waals surface area (Å²) >= 11 is 0. The molecule has 0 saturated carbocycles. The Morgan fingerprint density at radius 2 is 2.32 bits per heavy atom. The molecule has 1 aromatic carbocycles. The van der Waals surface area contributed by atoms with Crippen LogP contribution in [0.15, 0.2) is 36.9 Å². The maximum Gasteiger partial charge on any atom is 0.165 e. The Morgan fingerprint density at radius 1 is 1.48 bits per heavy atom. The van der Waals surface area contributed by atoms with Gasteiger partial charge in [-0.25, -0.2) is 5.43 Å². The molecule has 4 aliphatic rings. The van der Waals surface area contributed by atoms with Gasteiger partial charge >= 0.3 is 0 Å². The molecule has 5 atom stereocenters. The van der Waals surface area contributed by atoms with E-state index in [4.69, 9.17) is 10.6 Å². The molecule has 0 aromatic heterocycles. The van der Waals surface area contributed by atoms with E-state index in [1.54, 1.807) is 6.07 Å². The molecule has 2 heterocycles. The number of aliphatic hydroxyl groups is 1. The van der Waals surface area contributed by atoms with Gasteiger partial charge in [0.05, 0.1) is 11.5 Å². The lowest BCUT2D eigenvalue weighted by molar-refractivity contribution is -0.141. The van der Waals surface area contributed by atoms with E-state index in [-0.39, 0.29) is 23.9 Å².